The van der Waals surface area contributed by atoms with Crippen molar-refractivity contribution >= 4 is 17.6 Å². The molecule has 12 heavy (non-hydrogen) atoms. The van der Waals surface area contributed by atoms with Crippen molar-refractivity contribution in [2.75, 3.05) is 0 Å². The third-order valence-electron chi connectivity index (χ3n) is 1.29. The number of rotatable bonds is 2. The van der Waals surface area contributed by atoms with Gasteiger partial charge >= 0.3 is 11.7 Å². The zero-order valence-electron chi connectivity index (χ0n) is 5.80. The lowest BCUT2D eigenvalue weighted by atomic mass is 10.2. The van der Waals surface area contributed by atoms with Crippen LogP contribution in [0.25, 0.3) is 0 Å². The van der Waals surface area contributed by atoms with Crippen LogP contribution in [0.15, 0.2) is 4.79 Å². The number of hydrogen-bond donors (Lipinski definition) is 4. The first-order valence-electron chi connectivity index (χ1n) is 2.98. The summed E-state index contributed by atoms with van der Waals surface area (Å²) in [7, 11) is 0. The Labute approximate surface area is 71.4 Å². The molecular formula is C5H6ClN3O3. The number of nitrogens with one attached hydrogen (secondary N) is 2. The molecule has 0 aliphatic rings. The summed E-state index contributed by atoms with van der Waals surface area (Å²) in [6, 6.07) is -1.31. The van der Waals surface area contributed by atoms with E-state index in [1.54, 1.807) is 0 Å². The molecule has 6 nitrogen and oxygen atoms in total. The van der Waals surface area contributed by atoms with Gasteiger partial charge in [0.2, 0.25) is 0 Å². The summed E-state index contributed by atoms with van der Waals surface area (Å²) in [5.41, 5.74) is 4.58. The number of H-pyrrole nitrogens is 2. The average Bonchev–Trinajstić information content (AvgIpc) is 2.28. The van der Waals surface area contributed by atoms with Crippen molar-refractivity contribution in [1.29, 1.82) is 0 Å². The van der Waals surface area contributed by atoms with Crippen molar-refractivity contribution in [3.05, 3.63) is 21.3 Å². The Morgan fingerprint density at radius 1 is 1.58 bits per heavy atom. The quantitative estimate of drug-likeness (QED) is 0.502. The Morgan fingerprint density at radius 3 is 2.50 bits per heavy atom. The summed E-state index contributed by atoms with van der Waals surface area (Å²) in [4.78, 5) is 25.3. The first-order chi connectivity index (χ1) is 5.52. The lowest BCUT2D eigenvalue weighted by molar-refractivity contribution is -0.138. The molecule has 1 atom stereocenters. The number of nitrogens with two attached hydrogens (primary N) is 1. The Hall–Kier alpha value is -1.27. The average molecular weight is 192 g/mol. The Morgan fingerprint density at radius 2 is 2.17 bits per heavy atom. The van der Waals surface area contributed by atoms with Crippen molar-refractivity contribution in [3.8, 4) is 0 Å². The van der Waals surface area contributed by atoms with Gasteiger partial charge in [-0.1, -0.05) is 11.6 Å². The molecule has 7 heteroatoms. The largest absolute Gasteiger partial charge is 0.480 e. The molecule has 1 unspecified atom stereocenters. The molecular weight excluding hydrogens is 186 g/mol. The molecule has 0 saturated carbocycles. The molecule has 0 aromatic carbocycles. The van der Waals surface area contributed by atoms with Crippen LogP contribution in [0.4, 0.5) is 0 Å². The van der Waals surface area contributed by atoms with E-state index in [4.69, 9.17) is 22.4 Å². The van der Waals surface area contributed by atoms with Crippen LogP contribution in [-0.2, 0) is 4.79 Å². The van der Waals surface area contributed by atoms with Crippen LogP contribution in [0.3, 0.4) is 0 Å². The van der Waals surface area contributed by atoms with Crippen LogP contribution >= 0.6 is 11.6 Å². The number of aromatic amines is 2. The highest BCUT2D eigenvalue weighted by atomic mass is 35.5. The molecule has 66 valence electrons. The summed E-state index contributed by atoms with van der Waals surface area (Å²) in [5.74, 6) is -1.26. The third-order valence-corrected chi connectivity index (χ3v) is 1.58. The molecule has 0 saturated heterocycles. The van der Waals surface area contributed by atoms with E-state index in [1.165, 1.54) is 0 Å². The standard InChI is InChI=1S/C5H6ClN3O3/c6-3-2(1(7)4(10)11)8-5(12)9-3/h1H,7H2,(H,10,11)(H2,8,9,12). The molecule has 0 radical (unpaired) electrons. The summed E-state index contributed by atoms with van der Waals surface area (Å²) < 4.78 is 0. The normalized spacial score (nSPS) is 12.8. The summed E-state index contributed by atoms with van der Waals surface area (Å²) >= 11 is 5.45. The van der Waals surface area contributed by atoms with Crippen molar-refractivity contribution < 1.29 is 9.90 Å². The van der Waals surface area contributed by atoms with Gasteiger partial charge in [0, 0.05) is 0 Å². The highest BCUT2D eigenvalue weighted by Gasteiger charge is 2.19. The van der Waals surface area contributed by atoms with Crippen molar-refractivity contribution in [3.63, 3.8) is 0 Å². The lowest BCUT2D eigenvalue weighted by Crippen LogP contribution is -2.22. The fourth-order valence-electron chi connectivity index (χ4n) is 0.713. The number of aromatic nitrogens is 2. The zero-order chi connectivity index (χ0) is 9.30. The van der Waals surface area contributed by atoms with Gasteiger partial charge < -0.3 is 15.8 Å². The second kappa shape index (κ2) is 3.00. The smallest absolute Gasteiger partial charge is 0.326 e. The number of carbonyl (C=O) groups is 1. The fourth-order valence-corrected chi connectivity index (χ4v) is 0.964. The van der Waals surface area contributed by atoms with Gasteiger partial charge in [0.1, 0.15) is 11.2 Å². The van der Waals surface area contributed by atoms with E-state index in [1.807, 2.05) is 0 Å². The second-order valence-corrected chi connectivity index (χ2v) is 2.50. The molecule has 1 aromatic rings. The fraction of sp³-hybridized carbons (Fsp3) is 0.200. The Kier molecular flexibility index (Phi) is 2.20. The van der Waals surface area contributed by atoms with Crippen LogP contribution in [0.1, 0.15) is 11.7 Å². The van der Waals surface area contributed by atoms with E-state index in [9.17, 15) is 9.59 Å². The lowest BCUT2D eigenvalue weighted by Gasteiger charge is -2.01. The highest BCUT2D eigenvalue weighted by molar-refractivity contribution is 6.30. The van der Waals surface area contributed by atoms with Gasteiger partial charge in [-0.15, -0.1) is 0 Å². The zero-order valence-corrected chi connectivity index (χ0v) is 6.55. The number of halogens is 1. The van der Waals surface area contributed by atoms with Crippen LogP contribution in [0, 0.1) is 0 Å². The second-order valence-electron chi connectivity index (χ2n) is 2.12. The molecule has 5 N–H and O–H groups in total. The summed E-state index contributed by atoms with van der Waals surface area (Å²) in [6.45, 7) is 0. The van der Waals surface area contributed by atoms with E-state index in [-0.39, 0.29) is 10.8 Å². The SMILES string of the molecule is NC(C(=O)O)c1[nH]c(=O)[nH]c1Cl. The van der Waals surface area contributed by atoms with Gasteiger partial charge in [0.05, 0.1) is 5.69 Å². The van der Waals surface area contributed by atoms with Gasteiger partial charge in [-0.2, -0.15) is 0 Å². The molecule has 0 amide bonds. The van der Waals surface area contributed by atoms with Crippen LogP contribution in [0.5, 0.6) is 0 Å². The molecule has 0 spiro atoms. The maximum atomic E-state index is 10.6. The van der Waals surface area contributed by atoms with E-state index in [2.05, 4.69) is 9.97 Å². The van der Waals surface area contributed by atoms with E-state index < -0.39 is 17.7 Å². The Bertz CT molecular complexity index is 355. The van der Waals surface area contributed by atoms with Crippen LogP contribution in [-0.4, -0.2) is 21.0 Å². The number of imidazole rings is 1. The van der Waals surface area contributed by atoms with Crippen molar-refractivity contribution in [2.24, 2.45) is 5.73 Å². The number of hydrogen-bond acceptors (Lipinski definition) is 3. The molecule has 0 aliphatic heterocycles. The minimum Gasteiger partial charge on any atom is -0.480 e. The van der Waals surface area contributed by atoms with Gasteiger partial charge in [0.15, 0.2) is 0 Å². The van der Waals surface area contributed by atoms with Crippen LogP contribution < -0.4 is 11.4 Å². The van der Waals surface area contributed by atoms with E-state index in [0.29, 0.717) is 0 Å². The van der Waals surface area contributed by atoms with Gasteiger partial charge in [-0.3, -0.25) is 9.78 Å². The first kappa shape index (κ1) is 8.82. The maximum Gasteiger partial charge on any atom is 0.326 e. The van der Waals surface area contributed by atoms with E-state index >= 15 is 0 Å². The molecule has 0 fully saturated rings. The van der Waals surface area contributed by atoms with Crippen molar-refractivity contribution in [1.82, 2.24) is 9.97 Å². The predicted octanol–water partition coefficient (Wildman–Crippen LogP) is -0.559. The topological polar surface area (TPSA) is 112 Å². The molecule has 1 rings (SSSR count). The van der Waals surface area contributed by atoms with Crippen LogP contribution in [0.2, 0.25) is 5.15 Å². The van der Waals surface area contributed by atoms with Crippen molar-refractivity contribution in [2.45, 2.75) is 6.04 Å². The number of aliphatic carboxylic acids is 1. The summed E-state index contributed by atoms with van der Waals surface area (Å²) in [6.07, 6.45) is 0. The highest BCUT2D eigenvalue weighted by Crippen LogP contribution is 2.14. The minimum atomic E-state index is -1.31. The maximum absolute atomic E-state index is 10.6. The minimum absolute atomic E-state index is 0.0193. The summed E-state index contributed by atoms with van der Waals surface area (Å²) in [5, 5.41) is 8.38. The molecule has 0 bridgehead atoms. The Balaban J connectivity index is 3.10. The predicted molar refractivity (Wildman–Crippen MR) is 41.0 cm³/mol. The van der Waals surface area contributed by atoms with Gasteiger partial charge in [-0.25, -0.2) is 4.79 Å². The molecule has 1 aromatic heterocycles. The first-order valence-corrected chi connectivity index (χ1v) is 3.36. The molecule has 1 heterocycles. The van der Waals surface area contributed by atoms with Gasteiger partial charge in [0.25, 0.3) is 0 Å². The third kappa shape index (κ3) is 1.49. The van der Waals surface area contributed by atoms with E-state index in [0.717, 1.165) is 0 Å². The number of carboxylic acid groups (broad SMARTS) is 1. The monoisotopic (exact) mass is 191 g/mol. The number of carboxylic acids is 1. The van der Waals surface area contributed by atoms with Gasteiger partial charge in [-0.05, 0) is 0 Å². The molecule has 0 aliphatic carbocycles.